The van der Waals surface area contributed by atoms with Gasteiger partial charge in [-0.2, -0.15) is 11.8 Å². The van der Waals surface area contributed by atoms with Crippen LogP contribution in [0.5, 0.6) is 5.75 Å². The highest BCUT2D eigenvalue weighted by Crippen LogP contribution is 2.23. The quantitative estimate of drug-likeness (QED) is 0.557. The normalized spacial score (nSPS) is 10.3. The van der Waals surface area contributed by atoms with Crippen LogP contribution in [0.4, 0.5) is 0 Å². The Labute approximate surface area is 115 Å². The van der Waals surface area contributed by atoms with Crippen LogP contribution in [-0.2, 0) is 0 Å². The first-order chi connectivity index (χ1) is 8.15. The van der Waals surface area contributed by atoms with E-state index < -0.39 is 0 Å². The lowest BCUT2D eigenvalue weighted by Crippen LogP contribution is -2.03. The lowest BCUT2D eigenvalue weighted by molar-refractivity contribution is 0.101. The molecule has 0 saturated carbocycles. The van der Waals surface area contributed by atoms with Gasteiger partial charge < -0.3 is 4.74 Å². The van der Waals surface area contributed by atoms with E-state index >= 15 is 0 Å². The van der Waals surface area contributed by atoms with Crippen molar-refractivity contribution in [3.8, 4) is 5.75 Å². The molecule has 0 fully saturated rings. The van der Waals surface area contributed by atoms with E-state index in [-0.39, 0.29) is 5.78 Å². The third-order valence-electron chi connectivity index (χ3n) is 2.22. The van der Waals surface area contributed by atoms with E-state index in [4.69, 9.17) is 4.74 Å². The first kappa shape index (κ1) is 14.6. The van der Waals surface area contributed by atoms with Gasteiger partial charge in [0.05, 0.1) is 12.2 Å². The molecule has 1 rings (SSSR count). The first-order valence-electron chi connectivity index (χ1n) is 5.66. The summed E-state index contributed by atoms with van der Waals surface area (Å²) in [6, 6.07) is 5.54. The maximum Gasteiger partial charge on any atom is 0.163 e. The van der Waals surface area contributed by atoms with Crippen LogP contribution in [-0.4, -0.2) is 23.9 Å². The molecular formula is C13H17BrO2S. The Bertz CT molecular complexity index is 380. The Morgan fingerprint density at radius 2 is 2.24 bits per heavy atom. The van der Waals surface area contributed by atoms with Crippen molar-refractivity contribution in [3.63, 3.8) is 0 Å². The zero-order valence-corrected chi connectivity index (χ0v) is 12.6. The molecule has 0 heterocycles. The Kier molecular flexibility index (Phi) is 6.66. The number of Topliss-reactive ketones (excluding diaryl/α,β-unsaturated/α-hetero) is 1. The molecule has 0 saturated heterocycles. The molecule has 0 radical (unpaired) electrons. The molecule has 1 aromatic carbocycles. The third-order valence-corrected chi connectivity index (χ3v) is 3.69. The second-order valence-corrected chi connectivity index (χ2v) is 5.91. The van der Waals surface area contributed by atoms with Gasteiger partial charge in [0.1, 0.15) is 5.75 Å². The monoisotopic (exact) mass is 316 g/mol. The van der Waals surface area contributed by atoms with Crippen LogP contribution in [0.3, 0.4) is 0 Å². The second kappa shape index (κ2) is 7.77. The highest BCUT2D eigenvalue weighted by molar-refractivity contribution is 9.10. The second-order valence-electron chi connectivity index (χ2n) is 3.60. The molecule has 0 amide bonds. The van der Waals surface area contributed by atoms with Gasteiger partial charge >= 0.3 is 0 Å². The van der Waals surface area contributed by atoms with Gasteiger partial charge in [0.25, 0.3) is 0 Å². The summed E-state index contributed by atoms with van der Waals surface area (Å²) in [4.78, 5) is 11.4. The number of hydrogen-bond donors (Lipinski definition) is 0. The summed E-state index contributed by atoms with van der Waals surface area (Å²) < 4.78 is 6.54. The fraction of sp³-hybridized carbons (Fsp3) is 0.462. The molecule has 0 aliphatic heterocycles. The molecule has 0 N–H and O–H groups in total. The summed E-state index contributed by atoms with van der Waals surface area (Å²) in [5, 5.41) is 0. The molecule has 0 aliphatic rings. The predicted octanol–water partition coefficient (Wildman–Crippen LogP) is 4.17. The minimum Gasteiger partial charge on any atom is -0.493 e. The highest BCUT2D eigenvalue weighted by Gasteiger charge is 2.08. The van der Waals surface area contributed by atoms with E-state index in [0.29, 0.717) is 17.9 Å². The molecule has 0 aromatic heterocycles. The van der Waals surface area contributed by atoms with Crippen LogP contribution in [0.1, 0.15) is 30.6 Å². The number of rotatable bonds is 7. The Balaban J connectivity index is 2.55. The third kappa shape index (κ3) is 5.13. The van der Waals surface area contributed by atoms with Crippen LogP contribution in [0, 0.1) is 0 Å². The summed E-state index contributed by atoms with van der Waals surface area (Å²) in [6.07, 6.45) is 1.01. The van der Waals surface area contributed by atoms with Crippen LogP contribution in [0.15, 0.2) is 22.7 Å². The van der Waals surface area contributed by atoms with E-state index in [1.807, 2.05) is 23.9 Å². The number of thioether (sulfide) groups is 1. The SMILES string of the molecule is CCSCCCOc1ccc(Br)cc1C(C)=O. The minimum atomic E-state index is 0.0317. The Morgan fingerprint density at radius 3 is 2.88 bits per heavy atom. The van der Waals surface area contributed by atoms with Crippen molar-refractivity contribution >= 4 is 33.5 Å². The van der Waals surface area contributed by atoms with Crippen LogP contribution >= 0.6 is 27.7 Å². The summed E-state index contributed by atoms with van der Waals surface area (Å²) in [6.45, 7) is 4.37. The number of ketones is 1. The molecule has 17 heavy (non-hydrogen) atoms. The topological polar surface area (TPSA) is 26.3 Å². The molecular weight excluding hydrogens is 300 g/mol. The van der Waals surface area contributed by atoms with Gasteiger partial charge in [-0.05, 0) is 43.0 Å². The maximum absolute atomic E-state index is 11.4. The summed E-state index contributed by atoms with van der Waals surface area (Å²) in [5.41, 5.74) is 0.641. The van der Waals surface area contributed by atoms with E-state index in [9.17, 15) is 4.79 Å². The molecule has 1 aromatic rings. The zero-order valence-electron chi connectivity index (χ0n) is 10.2. The van der Waals surface area contributed by atoms with Gasteiger partial charge in [0.2, 0.25) is 0 Å². The van der Waals surface area contributed by atoms with Gasteiger partial charge in [-0.15, -0.1) is 0 Å². The molecule has 0 unspecified atom stereocenters. The lowest BCUT2D eigenvalue weighted by atomic mass is 10.1. The fourth-order valence-corrected chi connectivity index (χ4v) is 2.36. The Morgan fingerprint density at radius 1 is 1.47 bits per heavy atom. The maximum atomic E-state index is 11.4. The number of ether oxygens (including phenoxy) is 1. The zero-order chi connectivity index (χ0) is 12.7. The van der Waals surface area contributed by atoms with E-state index in [2.05, 4.69) is 22.9 Å². The number of halogens is 1. The molecule has 94 valence electrons. The smallest absolute Gasteiger partial charge is 0.163 e. The number of carbonyl (C=O) groups is 1. The standard InChI is InChI=1S/C13H17BrO2S/c1-3-17-8-4-7-16-13-6-5-11(14)9-12(13)10(2)15/h5-6,9H,3-4,7-8H2,1-2H3. The van der Waals surface area contributed by atoms with Gasteiger partial charge in [-0.1, -0.05) is 22.9 Å². The van der Waals surface area contributed by atoms with Crippen LogP contribution in [0.2, 0.25) is 0 Å². The summed E-state index contributed by atoms with van der Waals surface area (Å²) in [5.74, 6) is 2.95. The lowest BCUT2D eigenvalue weighted by Gasteiger charge is -2.09. The predicted molar refractivity (Wildman–Crippen MR) is 77.3 cm³/mol. The Hall–Kier alpha value is -0.480. The van der Waals surface area contributed by atoms with Crippen molar-refractivity contribution in [1.82, 2.24) is 0 Å². The van der Waals surface area contributed by atoms with Gasteiger partial charge in [0, 0.05) is 4.47 Å². The number of benzene rings is 1. The average molecular weight is 317 g/mol. The van der Waals surface area contributed by atoms with Crippen LogP contribution in [0.25, 0.3) is 0 Å². The van der Waals surface area contributed by atoms with Crippen molar-refractivity contribution in [1.29, 1.82) is 0 Å². The molecule has 4 heteroatoms. The molecule has 2 nitrogen and oxygen atoms in total. The molecule has 0 atom stereocenters. The fourth-order valence-electron chi connectivity index (χ4n) is 1.39. The average Bonchev–Trinajstić information content (AvgIpc) is 2.30. The molecule has 0 aliphatic carbocycles. The number of carbonyl (C=O) groups excluding carboxylic acids is 1. The number of hydrogen-bond acceptors (Lipinski definition) is 3. The van der Waals surface area contributed by atoms with Crippen molar-refractivity contribution in [2.45, 2.75) is 20.3 Å². The first-order valence-corrected chi connectivity index (χ1v) is 7.61. The van der Waals surface area contributed by atoms with Gasteiger partial charge in [-0.3, -0.25) is 4.79 Å². The minimum absolute atomic E-state index is 0.0317. The van der Waals surface area contributed by atoms with Crippen LogP contribution < -0.4 is 4.74 Å². The van der Waals surface area contributed by atoms with Crippen molar-refractivity contribution in [2.75, 3.05) is 18.1 Å². The molecule has 0 spiro atoms. The van der Waals surface area contributed by atoms with E-state index in [1.54, 1.807) is 13.0 Å². The van der Waals surface area contributed by atoms with Crippen molar-refractivity contribution in [3.05, 3.63) is 28.2 Å². The molecule has 0 bridgehead atoms. The van der Waals surface area contributed by atoms with E-state index in [1.165, 1.54) is 0 Å². The van der Waals surface area contributed by atoms with Crippen molar-refractivity contribution < 1.29 is 9.53 Å². The van der Waals surface area contributed by atoms with Crippen molar-refractivity contribution in [2.24, 2.45) is 0 Å². The largest absolute Gasteiger partial charge is 0.493 e. The summed E-state index contributed by atoms with van der Waals surface area (Å²) in [7, 11) is 0. The van der Waals surface area contributed by atoms with Gasteiger partial charge in [0.15, 0.2) is 5.78 Å². The summed E-state index contributed by atoms with van der Waals surface area (Å²) >= 11 is 5.26. The van der Waals surface area contributed by atoms with Gasteiger partial charge in [-0.25, -0.2) is 0 Å². The highest BCUT2D eigenvalue weighted by atomic mass is 79.9. The van der Waals surface area contributed by atoms with E-state index in [0.717, 1.165) is 22.4 Å².